The fourth-order valence-electron chi connectivity index (χ4n) is 3.79. The fraction of sp³-hybridized carbons (Fsp3) is 0.500. The highest BCUT2D eigenvalue weighted by molar-refractivity contribution is 6.35. The Morgan fingerprint density at radius 3 is 2.80 bits per heavy atom. The molecule has 0 bridgehead atoms. The Morgan fingerprint density at radius 1 is 1.36 bits per heavy atom. The van der Waals surface area contributed by atoms with Crippen LogP contribution in [0.3, 0.4) is 0 Å². The van der Waals surface area contributed by atoms with Crippen LogP contribution >= 0.6 is 11.6 Å². The lowest BCUT2D eigenvalue weighted by Crippen LogP contribution is -2.56. The van der Waals surface area contributed by atoms with E-state index in [1.54, 1.807) is 0 Å². The fourth-order valence-corrected chi connectivity index (χ4v) is 4.00. The van der Waals surface area contributed by atoms with Gasteiger partial charge >= 0.3 is 0 Å². The van der Waals surface area contributed by atoms with Crippen LogP contribution in [-0.2, 0) is 0 Å². The van der Waals surface area contributed by atoms with E-state index in [9.17, 15) is 4.79 Å². The third-order valence-electron chi connectivity index (χ3n) is 5.10. The highest BCUT2D eigenvalue weighted by atomic mass is 35.5. The van der Waals surface area contributed by atoms with Crippen LogP contribution in [0.15, 0.2) is 24.3 Å². The zero-order valence-electron chi connectivity index (χ0n) is 15.4. The Bertz CT molecular complexity index is 790. The molecule has 3 rings (SSSR count). The Morgan fingerprint density at radius 2 is 2.12 bits per heavy atom. The second kappa shape index (κ2) is 7.30. The summed E-state index contributed by atoms with van der Waals surface area (Å²) in [5.41, 5.74) is 2.23. The molecule has 1 amide bonds. The van der Waals surface area contributed by atoms with Gasteiger partial charge in [-0.1, -0.05) is 30.7 Å². The molecule has 0 saturated carbocycles. The number of pyridine rings is 1. The van der Waals surface area contributed by atoms with E-state index < -0.39 is 0 Å². The van der Waals surface area contributed by atoms with Crippen LogP contribution in [0.2, 0.25) is 5.02 Å². The average molecular weight is 360 g/mol. The van der Waals surface area contributed by atoms with Crippen molar-refractivity contribution in [1.82, 2.24) is 14.8 Å². The normalized spacial score (nSPS) is 19.0. The van der Waals surface area contributed by atoms with Crippen molar-refractivity contribution in [1.29, 1.82) is 0 Å². The van der Waals surface area contributed by atoms with E-state index in [1.807, 2.05) is 36.1 Å². The molecule has 1 aliphatic rings. The number of aryl methyl sites for hydroxylation is 1. The molecule has 0 N–H and O–H groups in total. The van der Waals surface area contributed by atoms with Gasteiger partial charge in [-0.15, -0.1) is 0 Å². The molecule has 0 aliphatic carbocycles. The molecular weight excluding hydrogens is 334 g/mol. The lowest BCUT2D eigenvalue weighted by Gasteiger charge is -2.43. The van der Waals surface area contributed by atoms with Gasteiger partial charge in [-0.2, -0.15) is 0 Å². The molecule has 5 heteroatoms. The van der Waals surface area contributed by atoms with Crippen molar-refractivity contribution in [2.24, 2.45) is 0 Å². The van der Waals surface area contributed by atoms with Gasteiger partial charge in [0, 0.05) is 42.8 Å². The van der Waals surface area contributed by atoms with E-state index in [1.165, 1.54) is 0 Å². The van der Waals surface area contributed by atoms with Crippen LogP contribution < -0.4 is 0 Å². The van der Waals surface area contributed by atoms with Gasteiger partial charge in [0.2, 0.25) is 0 Å². The standard InChI is InChI=1S/C20H26ClN3O/c1-5-15-12-23(9-10-24(15)13(2)3)20(25)17-11-14(4)22-19-16(17)7-6-8-18(19)21/h6-8,11,13,15H,5,9-10,12H2,1-4H3/t15-/m1/s1. The molecule has 134 valence electrons. The van der Waals surface area contributed by atoms with Gasteiger partial charge in [0.1, 0.15) is 0 Å². The highest BCUT2D eigenvalue weighted by Crippen LogP contribution is 2.27. The quantitative estimate of drug-likeness (QED) is 0.826. The first-order valence-corrected chi connectivity index (χ1v) is 9.41. The van der Waals surface area contributed by atoms with E-state index in [0.29, 0.717) is 28.2 Å². The molecule has 0 radical (unpaired) electrons. The minimum atomic E-state index is 0.0830. The highest BCUT2D eigenvalue weighted by Gasteiger charge is 2.31. The second-order valence-corrected chi connectivity index (χ2v) is 7.50. The maximum atomic E-state index is 13.3. The summed E-state index contributed by atoms with van der Waals surface area (Å²) in [7, 11) is 0. The van der Waals surface area contributed by atoms with Crippen LogP contribution in [-0.4, -0.2) is 52.4 Å². The summed E-state index contributed by atoms with van der Waals surface area (Å²) in [6.07, 6.45) is 1.05. The topological polar surface area (TPSA) is 36.4 Å². The predicted octanol–water partition coefficient (Wildman–Crippen LogP) is 4.14. The number of carbonyl (C=O) groups excluding carboxylic acids is 1. The van der Waals surface area contributed by atoms with Crippen LogP contribution in [0.4, 0.5) is 0 Å². The smallest absolute Gasteiger partial charge is 0.254 e. The number of piperazine rings is 1. The van der Waals surface area contributed by atoms with Gasteiger partial charge in [0.15, 0.2) is 0 Å². The van der Waals surface area contributed by atoms with Crippen molar-refractivity contribution in [2.75, 3.05) is 19.6 Å². The number of amides is 1. The first kappa shape index (κ1) is 18.2. The molecule has 0 unspecified atom stereocenters. The molecule has 4 nitrogen and oxygen atoms in total. The molecule has 2 aromatic rings. The van der Waals surface area contributed by atoms with Crippen molar-refractivity contribution in [3.05, 3.63) is 40.5 Å². The molecule has 1 fully saturated rings. The van der Waals surface area contributed by atoms with Crippen LogP contribution in [0.5, 0.6) is 0 Å². The number of halogens is 1. The van der Waals surface area contributed by atoms with E-state index >= 15 is 0 Å². The van der Waals surface area contributed by atoms with Gasteiger partial charge in [-0.25, -0.2) is 0 Å². The Labute approximate surface area is 154 Å². The third kappa shape index (κ3) is 3.51. The van der Waals surface area contributed by atoms with E-state index in [0.717, 1.165) is 37.1 Å². The molecular formula is C20H26ClN3O. The molecule has 2 heterocycles. The molecule has 1 aromatic heterocycles. The Hall–Kier alpha value is -1.65. The SMILES string of the molecule is CC[C@@H]1CN(C(=O)c2cc(C)nc3c(Cl)cccc23)CCN1C(C)C. The maximum Gasteiger partial charge on any atom is 0.254 e. The van der Waals surface area contributed by atoms with Gasteiger partial charge in [-0.05, 0) is 39.3 Å². The number of hydrogen-bond acceptors (Lipinski definition) is 3. The number of carbonyl (C=O) groups is 1. The van der Waals surface area contributed by atoms with Crippen molar-refractivity contribution in [3.8, 4) is 0 Å². The lowest BCUT2D eigenvalue weighted by atomic mass is 10.0. The second-order valence-electron chi connectivity index (χ2n) is 7.09. The van der Waals surface area contributed by atoms with Crippen molar-refractivity contribution < 1.29 is 4.79 Å². The third-order valence-corrected chi connectivity index (χ3v) is 5.40. The molecule has 0 spiro atoms. The number of benzene rings is 1. The minimum Gasteiger partial charge on any atom is -0.336 e. The van der Waals surface area contributed by atoms with Gasteiger partial charge < -0.3 is 4.90 Å². The van der Waals surface area contributed by atoms with E-state index in [4.69, 9.17) is 11.6 Å². The van der Waals surface area contributed by atoms with Gasteiger partial charge in [0.05, 0.1) is 16.1 Å². The van der Waals surface area contributed by atoms with Gasteiger partial charge in [0.25, 0.3) is 5.91 Å². The summed E-state index contributed by atoms with van der Waals surface area (Å²) in [4.78, 5) is 22.3. The Balaban J connectivity index is 1.94. The van der Waals surface area contributed by atoms with E-state index in [2.05, 4.69) is 30.7 Å². The Kier molecular flexibility index (Phi) is 5.30. The monoisotopic (exact) mass is 359 g/mol. The van der Waals surface area contributed by atoms with Crippen LogP contribution in [0, 0.1) is 6.92 Å². The number of nitrogens with zero attached hydrogens (tertiary/aromatic N) is 3. The summed E-state index contributed by atoms with van der Waals surface area (Å²) in [5, 5.41) is 1.42. The van der Waals surface area contributed by atoms with Crippen LogP contribution in [0.1, 0.15) is 43.2 Å². The average Bonchev–Trinajstić information content (AvgIpc) is 2.60. The summed E-state index contributed by atoms with van der Waals surface area (Å²) in [5.74, 6) is 0.0830. The number of para-hydroxylation sites is 1. The molecule has 25 heavy (non-hydrogen) atoms. The van der Waals surface area contributed by atoms with E-state index in [-0.39, 0.29) is 5.91 Å². The summed E-state index contributed by atoms with van der Waals surface area (Å²) in [6, 6.07) is 8.43. The largest absolute Gasteiger partial charge is 0.336 e. The molecule has 1 saturated heterocycles. The van der Waals surface area contributed by atoms with Crippen LogP contribution in [0.25, 0.3) is 10.9 Å². The first-order chi connectivity index (χ1) is 11.9. The lowest BCUT2D eigenvalue weighted by molar-refractivity contribution is 0.0373. The first-order valence-electron chi connectivity index (χ1n) is 9.03. The van der Waals surface area contributed by atoms with Gasteiger partial charge in [-0.3, -0.25) is 14.7 Å². The summed E-state index contributed by atoms with van der Waals surface area (Å²) in [6.45, 7) is 11.0. The molecule has 1 atom stereocenters. The molecule has 1 aliphatic heterocycles. The minimum absolute atomic E-state index is 0.0830. The van der Waals surface area contributed by atoms with Crippen molar-refractivity contribution >= 4 is 28.4 Å². The zero-order valence-corrected chi connectivity index (χ0v) is 16.2. The number of aromatic nitrogens is 1. The zero-order chi connectivity index (χ0) is 18.1. The summed E-state index contributed by atoms with van der Waals surface area (Å²) >= 11 is 6.30. The predicted molar refractivity (Wildman–Crippen MR) is 103 cm³/mol. The number of rotatable bonds is 3. The number of hydrogen-bond donors (Lipinski definition) is 0. The number of fused-ring (bicyclic) bond motifs is 1. The van der Waals surface area contributed by atoms with Crippen molar-refractivity contribution in [2.45, 2.75) is 46.2 Å². The molecule has 1 aromatic carbocycles. The van der Waals surface area contributed by atoms with Crippen molar-refractivity contribution in [3.63, 3.8) is 0 Å². The maximum absolute atomic E-state index is 13.3. The summed E-state index contributed by atoms with van der Waals surface area (Å²) < 4.78 is 0.